The van der Waals surface area contributed by atoms with Crippen molar-refractivity contribution in [3.05, 3.63) is 70.6 Å². The van der Waals surface area contributed by atoms with Crippen LogP contribution in [0.25, 0.3) is 16.7 Å². The van der Waals surface area contributed by atoms with E-state index in [9.17, 15) is 4.79 Å². The molecule has 1 amide bonds. The molecule has 0 radical (unpaired) electrons. The van der Waals surface area contributed by atoms with Crippen molar-refractivity contribution in [1.82, 2.24) is 9.88 Å². The summed E-state index contributed by atoms with van der Waals surface area (Å²) in [5.74, 6) is -1.21. The molecule has 2 bridgehead atoms. The molecule has 2 aliphatic heterocycles. The van der Waals surface area contributed by atoms with E-state index in [0.29, 0.717) is 23.2 Å². The lowest BCUT2D eigenvalue weighted by Crippen LogP contribution is -2.48. The van der Waals surface area contributed by atoms with Crippen molar-refractivity contribution in [1.29, 1.82) is 0 Å². The number of carbonyl (C=O) groups is 1. The summed E-state index contributed by atoms with van der Waals surface area (Å²) in [6.07, 6.45) is 6.24. The normalized spacial score (nSPS) is 34.1. The molecule has 1 aromatic carbocycles. The molecule has 208 valence electrons. The van der Waals surface area contributed by atoms with Crippen LogP contribution >= 0.6 is 11.8 Å². The predicted molar refractivity (Wildman–Crippen MR) is 155 cm³/mol. The number of halogens is 2. The minimum absolute atomic E-state index is 0.0836. The Balaban J connectivity index is 1.31. The van der Waals surface area contributed by atoms with Crippen LogP contribution in [0, 0.1) is 29.1 Å². The topological polar surface area (TPSA) is 75.9 Å². The van der Waals surface area contributed by atoms with Crippen molar-refractivity contribution in [3.63, 3.8) is 0 Å². The molecule has 1 saturated heterocycles. The number of amidine groups is 1. The zero-order valence-electron chi connectivity index (χ0n) is 23.2. The summed E-state index contributed by atoms with van der Waals surface area (Å²) in [7, 11) is 0. The molecule has 6 nitrogen and oxygen atoms in total. The molecular weight excluding hydrogens is 528 g/mol. The highest BCUT2D eigenvalue weighted by atomic mass is 32.2. The average Bonchev–Trinajstić information content (AvgIpc) is 3.57. The fourth-order valence-electron chi connectivity index (χ4n) is 7.83. The maximum absolute atomic E-state index is 15.4. The molecule has 4 aliphatic rings. The van der Waals surface area contributed by atoms with Gasteiger partial charge in [0.25, 0.3) is 0 Å². The van der Waals surface area contributed by atoms with E-state index in [1.54, 1.807) is 6.07 Å². The lowest BCUT2D eigenvalue weighted by atomic mass is 9.65. The number of nitrogens with zero attached hydrogens (tertiary/aromatic N) is 4. The lowest BCUT2D eigenvalue weighted by molar-refractivity contribution is -0.133. The van der Waals surface area contributed by atoms with Crippen LogP contribution in [0.5, 0.6) is 0 Å². The van der Waals surface area contributed by atoms with Gasteiger partial charge in [-0.25, -0.2) is 13.6 Å². The number of carbonyl (C=O) groups excluding carboxylic acids is 1. The van der Waals surface area contributed by atoms with Gasteiger partial charge in [-0.05, 0) is 73.3 Å². The summed E-state index contributed by atoms with van der Waals surface area (Å²) in [5, 5.41) is 0.272. The van der Waals surface area contributed by atoms with Gasteiger partial charge < -0.3 is 10.6 Å². The van der Waals surface area contributed by atoms with Gasteiger partial charge in [-0.15, -0.1) is 0 Å². The van der Waals surface area contributed by atoms with Gasteiger partial charge in [-0.3, -0.25) is 14.8 Å². The Bertz CT molecular complexity index is 1510. The van der Waals surface area contributed by atoms with Gasteiger partial charge in [0.2, 0.25) is 11.6 Å². The van der Waals surface area contributed by atoms with Gasteiger partial charge in [-0.2, -0.15) is 0 Å². The first-order valence-corrected chi connectivity index (χ1v) is 14.5. The Kier molecular flexibility index (Phi) is 5.98. The number of pyridine rings is 1. The van der Waals surface area contributed by atoms with E-state index < -0.39 is 21.9 Å². The molecule has 2 saturated carbocycles. The molecule has 2 N–H and O–H groups in total. The summed E-state index contributed by atoms with van der Waals surface area (Å²) >= 11 is 1.32. The maximum atomic E-state index is 15.4. The third-order valence-corrected chi connectivity index (χ3v) is 10.5. The SMILES string of the molecule is [C-]#[N+]c1ccc(/C(F)=C/c2ccc(F)c([C@@]3(C)N=C(N)S[C@@]4(C(=O)N5CC6(C)CC5CC(C)(C)C6)C[C@H]43)c2)nc1. The summed E-state index contributed by atoms with van der Waals surface area (Å²) in [5.41, 5.74) is 6.71. The van der Waals surface area contributed by atoms with Gasteiger partial charge in [0.05, 0.1) is 17.8 Å². The first kappa shape index (κ1) is 26.9. The van der Waals surface area contributed by atoms with Crippen molar-refractivity contribution >= 4 is 40.4 Å². The number of thioether (sulfide) groups is 1. The van der Waals surface area contributed by atoms with E-state index in [4.69, 9.17) is 17.3 Å². The monoisotopic (exact) mass is 561 g/mol. The Morgan fingerprint density at radius 3 is 2.67 bits per heavy atom. The maximum Gasteiger partial charge on any atom is 0.239 e. The van der Waals surface area contributed by atoms with Crippen molar-refractivity contribution in [2.75, 3.05) is 6.54 Å². The van der Waals surface area contributed by atoms with E-state index in [0.717, 1.165) is 25.8 Å². The number of benzene rings is 1. The van der Waals surface area contributed by atoms with Crippen LogP contribution in [0.3, 0.4) is 0 Å². The van der Waals surface area contributed by atoms with Gasteiger partial charge in [0.1, 0.15) is 16.4 Å². The van der Waals surface area contributed by atoms with Crippen LogP contribution in [0.1, 0.15) is 70.2 Å². The number of aliphatic imine (C=N–C) groups is 1. The van der Waals surface area contributed by atoms with E-state index in [2.05, 4.69) is 35.5 Å². The largest absolute Gasteiger partial charge is 0.378 e. The molecule has 2 unspecified atom stereocenters. The number of amides is 1. The molecule has 3 heterocycles. The molecular formula is C31H33F2N5OS. The highest BCUT2D eigenvalue weighted by Crippen LogP contribution is 2.67. The highest BCUT2D eigenvalue weighted by Gasteiger charge is 2.72. The number of hydrogen-bond acceptors (Lipinski definition) is 5. The molecule has 1 aromatic heterocycles. The zero-order valence-corrected chi connectivity index (χ0v) is 24.0. The molecule has 2 aromatic rings. The fourth-order valence-corrected chi connectivity index (χ4v) is 9.26. The van der Waals surface area contributed by atoms with Crippen molar-refractivity contribution < 1.29 is 13.6 Å². The summed E-state index contributed by atoms with van der Waals surface area (Å²) in [6, 6.07) is 7.53. The van der Waals surface area contributed by atoms with Crippen LogP contribution in [0.15, 0.2) is 41.5 Å². The molecule has 0 spiro atoms. The predicted octanol–water partition coefficient (Wildman–Crippen LogP) is 6.70. The van der Waals surface area contributed by atoms with Crippen molar-refractivity contribution in [2.45, 2.75) is 69.7 Å². The van der Waals surface area contributed by atoms with Crippen LogP contribution in [0.4, 0.5) is 14.5 Å². The molecule has 40 heavy (non-hydrogen) atoms. The number of rotatable bonds is 4. The molecule has 3 fully saturated rings. The van der Waals surface area contributed by atoms with E-state index in [1.165, 1.54) is 48.3 Å². The molecule has 2 aliphatic carbocycles. The quantitative estimate of drug-likeness (QED) is 0.422. The van der Waals surface area contributed by atoms with E-state index in [1.807, 2.05) is 6.92 Å². The number of aromatic nitrogens is 1. The minimum Gasteiger partial charge on any atom is -0.378 e. The van der Waals surface area contributed by atoms with Crippen molar-refractivity contribution in [2.24, 2.45) is 27.5 Å². The molecule has 6 rings (SSSR count). The highest BCUT2D eigenvalue weighted by molar-refractivity contribution is 8.15. The Morgan fingerprint density at radius 1 is 1.20 bits per heavy atom. The summed E-state index contributed by atoms with van der Waals surface area (Å²) < 4.78 is 29.7. The summed E-state index contributed by atoms with van der Waals surface area (Å²) in [4.78, 5) is 28.3. The molecule has 5 atom stereocenters. The third kappa shape index (κ3) is 4.32. The smallest absolute Gasteiger partial charge is 0.239 e. The third-order valence-electron chi connectivity index (χ3n) is 9.21. The minimum atomic E-state index is -1.07. The van der Waals surface area contributed by atoms with Gasteiger partial charge in [0.15, 0.2) is 5.17 Å². The lowest BCUT2D eigenvalue weighted by Gasteiger charge is -2.40. The summed E-state index contributed by atoms with van der Waals surface area (Å²) in [6.45, 7) is 16.5. The van der Waals surface area contributed by atoms with E-state index in [-0.39, 0.29) is 39.6 Å². The van der Waals surface area contributed by atoms with Crippen LogP contribution in [-0.4, -0.2) is 38.3 Å². The van der Waals surface area contributed by atoms with Crippen LogP contribution in [0.2, 0.25) is 0 Å². The first-order valence-electron chi connectivity index (χ1n) is 13.6. The second-order valence-electron chi connectivity index (χ2n) is 13.2. The number of hydrogen-bond donors (Lipinski definition) is 1. The number of fused-ring (bicyclic) bond motifs is 3. The second kappa shape index (κ2) is 8.87. The standard InChI is InChI=1S/C31H33F2N5OS/c1-28(2)12-20-13-29(3,16-28)17-38(20)26(39)31-14-25(31)30(4,37-27(34)40-31)21-10-18(6-8-22(21)32)11-23(33)24-9-7-19(35-5)15-36-24/h6-11,15,20,25H,12-14,16-17H2,1-4H3,(H2,34,37)/b23-11-/t20?,25-,29?,30+,31-/m0/s1. The Hall–Kier alpha value is -3.25. The average molecular weight is 562 g/mol. The number of likely N-dealkylation sites (tertiary alicyclic amines) is 1. The van der Waals surface area contributed by atoms with Crippen molar-refractivity contribution in [3.8, 4) is 0 Å². The van der Waals surface area contributed by atoms with Gasteiger partial charge >= 0.3 is 0 Å². The first-order chi connectivity index (χ1) is 18.8. The van der Waals surface area contributed by atoms with E-state index >= 15 is 8.78 Å². The molecule has 9 heteroatoms. The Morgan fingerprint density at radius 2 is 1.98 bits per heavy atom. The second-order valence-corrected chi connectivity index (χ2v) is 14.6. The zero-order chi connectivity index (χ0) is 28.7. The fraction of sp³-hybridized carbons (Fsp3) is 0.484. The van der Waals surface area contributed by atoms with Gasteiger partial charge in [-0.1, -0.05) is 44.7 Å². The van der Waals surface area contributed by atoms with Crippen LogP contribution in [-0.2, 0) is 10.3 Å². The van der Waals surface area contributed by atoms with Gasteiger partial charge in [0, 0.05) is 30.3 Å². The number of nitrogens with two attached hydrogens (primary N) is 1. The van der Waals surface area contributed by atoms with Crippen LogP contribution < -0.4 is 5.73 Å². The Labute approximate surface area is 238 Å².